The van der Waals surface area contributed by atoms with E-state index < -0.39 is 53.9 Å². The Morgan fingerprint density at radius 1 is 0.806 bits per heavy atom. The zero-order valence-electron chi connectivity index (χ0n) is 20.0. The first-order valence-corrected chi connectivity index (χ1v) is 10.7. The van der Waals surface area contributed by atoms with Crippen LogP contribution in [0.15, 0.2) is 24.3 Å². The zero-order chi connectivity index (χ0) is 27.3. The molecular formula is C24H28O12. The van der Waals surface area contributed by atoms with Crippen molar-refractivity contribution in [1.82, 2.24) is 0 Å². The second-order valence-electron chi connectivity index (χ2n) is 6.84. The zero-order valence-corrected chi connectivity index (χ0v) is 20.0. The van der Waals surface area contributed by atoms with E-state index in [2.05, 4.69) is 0 Å². The van der Waals surface area contributed by atoms with Crippen molar-refractivity contribution in [3.05, 3.63) is 35.4 Å². The fourth-order valence-electron chi connectivity index (χ4n) is 2.63. The summed E-state index contributed by atoms with van der Waals surface area (Å²) < 4.78 is 19.9. The van der Waals surface area contributed by atoms with Crippen LogP contribution in [0.3, 0.4) is 0 Å². The third-order valence-corrected chi connectivity index (χ3v) is 4.28. The first-order valence-electron chi connectivity index (χ1n) is 10.7. The Labute approximate surface area is 206 Å². The number of esters is 2. The van der Waals surface area contributed by atoms with E-state index in [0.29, 0.717) is 11.8 Å². The van der Waals surface area contributed by atoms with E-state index in [1.165, 1.54) is 31.2 Å². The summed E-state index contributed by atoms with van der Waals surface area (Å²) >= 11 is 0. The normalized spacial score (nSPS) is 9.86. The molecule has 0 aliphatic rings. The van der Waals surface area contributed by atoms with Crippen molar-refractivity contribution in [3.63, 3.8) is 0 Å². The smallest absolute Gasteiger partial charge is 0.344 e. The van der Waals surface area contributed by atoms with Gasteiger partial charge in [0, 0.05) is 12.0 Å². The van der Waals surface area contributed by atoms with Crippen LogP contribution in [0.5, 0.6) is 34.5 Å². The molecule has 0 bridgehead atoms. The SMILES string of the molecule is CCOC(=O)COc1ccc(C(C)=O)c(O)c1OCC(=O)OCC.O=CCc1ccc(O)c(O)c1O. The summed E-state index contributed by atoms with van der Waals surface area (Å²) in [5.74, 6) is -3.79. The monoisotopic (exact) mass is 508 g/mol. The van der Waals surface area contributed by atoms with Gasteiger partial charge in [0.05, 0.1) is 18.8 Å². The molecule has 0 spiro atoms. The fraction of sp³-hybridized carbons (Fsp3) is 0.333. The third kappa shape index (κ3) is 8.70. The van der Waals surface area contributed by atoms with Crippen molar-refractivity contribution < 1.29 is 58.6 Å². The van der Waals surface area contributed by atoms with Crippen molar-refractivity contribution in [2.75, 3.05) is 26.4 Å². The van der Waals surface area contributed by atoms with Gasteiger partial charge in [-0.15, -0.1) is 0 Å². The molecule has 36 heavy (non-hydrogen) atoms. The lowest BCUT2D eigenvalue weighted by molar-refractivity contribution is -0.146. The molecular weight excluding hydrogens is 480 g/mol. The van der Waals surface area contributed by atoms with E-state index in [4.69, 9.17) is 34.3 Å². The number of benzene rings is 2. The van der Waals surface area contributed by atoms with E-state index in [-0.39, 0.29) is 36.7 Å². The van der Waals surface area contributed by atoms with Crippen molar-refractivity contribution in [2.24, 2.45) is 0 Å². The van der Waals surface area contributed by atoms with Crippen LogP contribution in [0.4, 0.5) is 0 Å². The molecule has 4 N–H and O–H groups in total. The molecule has 0 aromatic heterocycles. The highest BCUT2D eigenvalue weighted by Crippen LogP contribution is 2.40. The Hall–Kier alpha value is -4.48. The Balaban J connectivity index is 0.000000450. The van der Waals surface area contributed by atoms with Crippen LogP contribution < -0.4 is 9.47 Å². The number of ether oxygens (including phenoxy) is 4. The standard InChI is InChI=1S/C16H20O8.C8H8O4/c1-4-21-13(18)8-23-12-7-6-11(10(3)17)15(20)16(12)24-9-14(19)22-5-2;9-4-3-5-1-2-6(10)8(12)7(5)11/h6-7,20H,4-5,8-9H2,1-3H3;1-2,4,10-12H,3H2. The summed E-state index contributed by atoms with van der Waals surface area (Å²) in [6.07, 6.45) is 0.616. The second-order valence-corrected chi connectivity index (χ2v) is 6.84. The van der Waals surface area contributed by atoms with Crippen LogP contribution in [0.2, 0.25) is 0 Å². The number of hydrogen-bond donors (Lipinski definition) is 4. The molecule has 0 atom stereocenters. The van der Waals surface area contributed by atoms with Crippen molar-refractivity contribution in [2.45, 2.75) is 27.2 Å². The van der Waals surface area contributed by atoms with Gasteiger partial charge in [-0.1, -0.05) is 6.07 Å². The molecule has 0 amide bonds. The summed E-state index contributed by atoms with van der Waals surface area (Å²) in [7, 11) is 0. The minimum Gasteiger partial charge on any atom is -0.504 e. The first-order chi connectivity index (χ1) is 17.1. The second kappa shape index (κ2) is 14.7. The number of hydrogen-bond acceptors (Lipinski definition) is 12. The van der Waals surface area contributed by atoms with Gasteiger partial charge in [0.25, 0.3) is 0 Å². The molecule has 12 heteroatoms. The number of aromatic hydroxyl groups is 4. The number of phenolic OH excluding ortho intramolecular Hbond substituents is 4. The number of phenols is 4. The van der Waals surface area contributed by atoms with Gasteiger partial charge >= 0.3 is 11.9 Å². The van der Waals surface area contributed by atoms with Gasteiger partial charge in [-0.25, -0.2) is 9.59 Å². The van der Waals surface area contributed by atoms with E-state index in [1.54, 1.807) is 13.8 Å². The minimum atomic E-state index is -0.651. The first kappa shape index (κ1) is 29.6. The number of rotatable bonds is 11. The van der Waals surface area contributed by atoms with Gasteiger partial charge in [0.1, 0.15) is 6.29 Å². The Morgan fingerprint density at radius 3 is 1.92 bits per heavy atom. The molecule has 0 heterocycles. The number of Topliss-reactive ketones (excluding diaryl/α,β-unsaturated/α-hetero) is 1. The molecule has 12 nitrogen and oxygen atoms in total. The van der Waals surface area contributed by atoms with Gasteiger partial charge in [-0.05, 0) is 39.0 Å². The van der Waals surface area contributed by atoms with Crippen LogP contribution in [0.1, 0.15) is 36.7 Å². The van der Waals surface area contributed by atoms with E-state index in [9.17, 15) is 24.3 Å². The van der Waals surface area contributed by atoms with Crippen molar-refractivity contribution in [1.29, 1.82) is 0 Å². The van der Waals surface area contributed by atoms with Crippen molar-refractivity contribution in [3.8, 4) is 34.5 Å². The predicted molar refractivity (Wildman–Crippen MR) is 124 cm³/mol. The van der Waals surface area contributed by atoms with Crippen LogP contribution in [0.25, 0.3) is 0 Å². The Morgan fingerprint density at radius 2 is 1.39 bits per heavy atom. The highest BCUT2D eigenvalue weighted by Gasteiger charge is 2.20. The van der Waals surface area contributed by atoms with Gasteiger partial charge in [-0.2, -0.15) is 0 Å². The molecule has 196 valence electrons. The molecule has 2 aromatic carbocycles. The molecule has 0 fully saturated rings. The molecule has 0 saturated heterocycles. The van der Waals surface area contributed by atoms with Crippen LogP contribution in [0, 0.1) is 0 Å². The van der Waals surface area contributed by atoms with Gasteiger partial charge < -0.3 is 44.2 Å². The molecule has 0 aliphatic carbocycles. The maximum absolute atomic E-state index is 11.5. The molecule has 0 radical (unpaired) electrons. The van der Waals surface area contributed by atoms with Gasteiger partial charge in [-0.3, -0.25) is 4.79 Å². The summed E-state index contributed by atoms with van der Waals surface area (Å²) in [5.41, 5.74) is 0.289. The van der Waals surface area contributed by atoms with E-state index >= 15 is 0 Å². The maximum atomic E-state index is 11.5. The van der Waals surface area contributed by atoms with Gasteiger partial charge in [0.15, 0.2) is 42.0 Å². The fourth-order valence-corrected chi connectivity index (χ4v) is 2.63. The van der Waals surface area contributed by atoms with Gasteiger partial charge in [0.2, 0.25) is 11.5 Å². The molecule has 0 unspecified atom stereocenters. The molecule has 0 saturated carbocycles. The van der Waals surface area contributed by atoms with E-state index in [0.717, 1.165) is 0 Å². The average molecular weight is 508 g/mol. The summed E-state index contributed by atoms with van der Waals surface area (Å²) in [6.45, 7) is 4.03. The topological polar surface area (TPSA) is 186 Å². The van der Waals surface area contributed by atoms with Crippen molar-refractivity contribution >= 4 is 24.0 Å². The number of carbonyl (C=O) groups excluding carboxylic acids is 4. The Bertz CT molecular complexity index is 1080. The highest BCUT2D eigenvalue weighted by molar-refractivity contribution is 5.98. The lowest BCUT2D eigenvalue weighted by Gasteiger charge is -2.15. The highest BCUT2D eigenvalue weighted by atomic mass is 16.6. The predicted octanol–water partition coefficient (Wildman–Crippen LogP) is 2.02. The van der Waals surface area contributed by atoms with Crippen LogP contribution in [-0.4, -0.2) is 70.9 Å². The minimum absolute atomic E-state index is 0.00246. The third-order valence-electron chi connectivity index (χ3n) is 4.28. The largest absolute Gasteiger partial charge is 0.504 e. The lowest BCUT2D eigenvalue weighted by Crippen LogP contribution is -2.17. The average Bonchev–Trinajstić information content (AvgIpc) is 2.83. The molecule has 2 rings (SSSR count). The van der Waals surface area contributed by atoms with Crippen LogP contribution >= 0.6 is 0 Å². The summed E-state index contributed by atoms with van der Waals surface area (Å²) in [6, 6.07) is 5.28. The van der Waals surface area contributed by atoms with E-state index in [1.807, 2.05) is 0 Å². The number of ketones is 1. The number of aldehydes is 1. The lowest BCUT2D eigenvalue weighted by atomic mass is 10.1. The molecule has 0 aliphatic heterocycles. The summed E-state index contributed by atoms with van der Waals surface area (Å²) in [4.78, 5) is 44.3. The maximum Gasteiger partial charge on any atom is 0.344 e. The summed E-state index contributed by atoms with van der Waals surface area (Å²) in [5, 5.41) is 37.2. The molecule has 2 aromatic rings. The number of carbonyl (C=O) groups is 4. The van der Waals surface area contributed by atoms with Crippen LogP contribution in [-0.2, 0) is 30.3 Å². The Kier molecular flexibility index (Phi) is 12.1. The quantitative estimate of drug-likeness (QED) is 0.150.